The number of anilines is 1. The fourth-order valence-corrected chi connectivity index (χ4v) is 3.50. The number of likely N-dealkylation sites (N-methyl/N-ethyl adjacent to an activating group) is 1. The van der Waals surface area contributed by atoms with Crippen molar-refractivity contribution in [2.45, 2.75) is 27.2 Å². The van der Waals surface area contributed by atoms with E-state index in [4.69, 9.17) is 9.47 Å². The van der Waals surface area contributed by atoms with Crippen LogP contribution in [0.4, 0.5) is 5.69 Å². The van der Waals surface area contributed by atoms with Crippen molar-refractivity contribution < 1.29 is 14.3 Å². The lowest BCUT2D eigenvalue weighted by Gasteiger charge is -2.20. The van der Waals surface area contributed by atoms with Gasteiger partial charge in [0, 0.05) is 31.9 Å². The van der Waals surface area contributed by atoms with Gasteiger partial charge >= 0.3 is 0 Å². The van der Waals surface area contributed by atoms with Crippen LogP contribution in [0.3, 0.4) is 0 Å². The van der Waals surface area contributed by atoms with Crippen LogP contribution in [0, 0.1) is 0 Å². The normalized spacial score (nSPS) is 16.1. The first kappa shape index (κ1) is 22.4. The van der Waals surface area contributed by atoms with Crippen LogP contribution in [0.1, 0.15) is 31.9 Å². The van der Waals surface area contributed by atoms with Crippen LogP contribution in [0.5, 0.6) is 5.75 Å². The maximum absolute atomic E-state index is 12.8. The SMILES string of the molecule is CCN1C(=O)/C(=C\c2ccc(N(CC)CC)cc2)O/C1=N/CCc1ccc(OC)cc1. The lowest BCUT2D eigenvalue weighted by Crippen LogP contribution is -2.29. The molecular weight excluding hydrogens is 390 g/mol. The van der Waals surface area contributed by atoms with Gasteiger partial charge in [-0.1, -0.05) is 24.3 Å². The van der Waals surface area contributed by atoms with E-state index in [-0.39, 0.29) is 5.91 Å². The Morgan fingerprint density at radius 3 is 2.29 bits per heavy atom. The summed E-state index contributed by atoms with van der Waals surface area (Å²) in [6.07, 6.45) is 2.54. The van der Waals surface area contributed by atoms with Crippen molar-refractivity contribution >= 4 is 23.7 Å². The molecule has 31 heavy (non-hydrogen) atoms. The van der Waals surface area contributed by atoms with Crippen LogP contribution in [0.15, 0.2) is 59.3 Å². The number of hydrogen-bond acceptors (Lipinski definition) is 5. The van der Waals surface area contributed by atoms with Gasteiger partial charge in [0.05, 0.1) is 7.11 Å². The van der Waals surface area contributed by atoms with Gasteiger partial charge in [0.25, 0.3) is 11.9 Å². The lowest BCUT2D eigenvalue weighted by atomic mass is 10.1. The predicted molar refractivity (Wildman–Crippen MR) is 125 cm³/mol. The average Bonchev–Trinajstić information content (AvgIpc) is 3.10. The van der Waals surface area contributed by atoms with Crippen LogP contribution in [0.25, 0.3) is 6.08 Å². The Bertz CT molecular complexity index is 929. The van der Waals surface area contributed by atoms with E-state index in [2.05, 4.69) is 35.9 Å². The fraction of sp³-hybridized carbons (Fsp3) is 0.360. The zero-order valence-electron chi connectivity index (χ0n) is 18.8. The molecule has 0 bridgehead atoms. The molecule has 0 aliphatic carbocycles. The molecule has 0 atom stereocenters. The number of aliphatic imine (C=N–C) groups is 1. The average molecular weight is 422 g/mol. The maximum Gasteiger partial charge on any atom is 0.300 e. The molecule has 0 unspecified atom stereocenters. The van der Waals surface area contributed by atoms with E-state index in [0.29, 0.717) is 24.9 Å². The molecule has 1 heterocycles. The number of benzene rings is 2. The molecule has 0 N–H and O–H groups in total. The summed E-state index contributed by atoms with van der Waals surface area (Å²) < 4.78 is 11.0. The first-order valence-corrected chi connectivity index (χ1v) is 10.8. The number of nitrogens with zero attached hydrogens (tertiary/aromatic N) is 3. The standard InChI is InChI=1S/C25H31N3O3/c1-5-27(6-2)21-12-8-20(9-13-21)18-23-24(29)28(7-3)25(31-23)26-17-16-19-10-14-22(30-4)15-11-19/h8-15,18H,5-7,16-17H2,1-4H3/b23-18+,26-25+. The van der Waals surface area contributed by atoms with Crippen molar-refractivity contribution in [2.75, 3.05) is 38.2 Å². The summed E-state index contributed by atoms with van der Waals surface area (Å²) in [6, 6.07) is 16.4. The van der Waals surface area contributed by atoms with E-state index < -0.39 is 0 Å². The number of carbonyl (C=O) groups is 1. The van der Waals surface area contributed by atoms with Crippen molar-refractivity contribution in [3.8, 4) is 5.75 Å². The van der Waals surface area contributed by atoms with Crippen molar-refractivity contribution in [1.82, 2.24) is 4.90 Å². The van der Waals surface area contributed by atoms with Crippen LogP contribution in [-0.2, 0) is 16.0 Å². The molecule has 2 aromatic rings. The minimum absolute atomic E-state index is 0.154. The van der Waals surface area contributed by atoms with Crippen LogP contribution in [-0.4, -0.2) is 50.1 Å². The van der Waals surface area contributed by atoms with Crippen LogP contribution < -0.4 is 9.64 Å². The molecule has 164 valence electrons. The van der Waals surface area contributed by atoms with Gasteiger partial charge in [-0.15, -0.1) is 0 Å². The minimum Gasteiger partial charge on any atom is -0.497 e. The Morgan fingerprint density at radius 2 is 1.71 bits per heavy atom. The number of methoxy groups -OCH3 is 1. The summed E-state index contributed by atoms with van der Waals surface area (Å²) in [5.74, 6) is 0.982. The molecule has 1 aliphatic heterocycles. The third kappa shape index (κ3) is 5.45. The topological polar surface area (TPSA) is 54.4 Å². The van der Waals surface area contributed by atoms with Gasteiger partial charge in [-0.3, -0.25) is 9.69 Å². The fourth-order valence-electron chi connectivity index (χ4n) is 3.50. The number of carbonyl (C=O) groups excluding carboxylic acids is 1. The molecule has 2 aromatic carbocycles. The zero-order valence-corrected chi connectivity index (χ0v) is 18.8. The monoisotopic (exact) mass is 421 g/mol. The van der Waals surface area contributed by atoms with Crippen molar-refractivity contribution in [1.29, 1.82) is 0 Å². The molecule has 1 saturated heterocycles. The van der Waals surface area contributed by atoms with Gasteiger partial charge in [0.2, 0.25) is 0 Å². The van der Waals surface area contributed by atoms with Gasteiger partial charge < -0.3 is 14.4 Å². The van der Waals surface area contributed by atoms with Crippen molar-refractivity contribution in [2.24, 2.45) is 4.99 Å². The van der Waals surface area contributed by atoms with E-state index >= 15 is 0 Å². The Balaban J connectivity index is 1.69. The van der Waals surface area contributed by atoms with Crippen LogP contribution in [0.2, 0.25) is 0 Å². The van der Waals surface area contributed by atoms with E-state index in [1.807, 2.05) is 43.3 Å². The second-order valence-electron chi connectivity index (χ2n) is 7.19. The summed E-state index contributed by atoms with van der Waals surface area (Å²) in [4.78, 5) is 21.1. The quantitative estimate of drug-likeness (QED) is 0.565. The Hall–Kier alpha value is -3.28. The highest BCUT2D eigenvalue weighted by Gasteiger charge is 2.33. The Kier molecular flexibility index (Phi) is 7.70. The van der Waals surface area contributed by atoms with Crippen molar-refractivity contribution in [3.63, 3.8) is 0 Å². The van der Waals surface area contributed by atoms with E-state index in [1.165, 1.54) is 5.69 Å². The summed E-state index contributed by atoms with van der Waals surface area (Å²) in [5, 5.41) is 0. The zero-order chi connectivity index (χ0) is 22.2. The third-order valence-corrected chi connectivity index (χ3v) is 5.33. The largest absolute Gasteiger partial charge is 0.497 e. The van der Waals surface area contributed by atoms with Gasteiger partial charge in [-0.05, 0) is 68.7 Å². The number of amidine groups is 1. The summed E-state index contributed by atoms with van der Waals surface area (Å²) >= 11 is 0. The van der Waals surface area contributed by atoms with E-state index in [9.17, 15) is 4.79 Å². The highest BCUT2D eigenvalue weighted by Crippen LogP contribution is 2.22. The van der Waals surface area contributed by atoms with Crippen molar-refractivity contribution in [3.05, 3.63) is 65.4 Å². The van der Waals surface area contributed by atoms with Gasteiger partial charge in [-0.25, -0.2) is 4.99 Å². The minimum atomic E-state index is -0.154. The van der Waals surface area contributed by atoms with Gasteiger partial charge in [-0.2, -0.15) is 0 Å². The smallest absolute Gasteiger partial charge is 0.300 e. The summed E-state index contributed by atoms with van der Waals surface area (Å²) in [5.41, 5.74) is 3.25. The Labute approximate surface area is 184 Å². The maximum atomic E-state index is 12.8. The molecule has 1 fully saturated rings. The first-order chi connectivity index (χ1) is 15.1. The molecule has 0 aromatic heterocycles. The number of hydrogen-bond donors (Lipinski definition) is 0. The Morgan fingerprint density at radius 1 is 1.03 bits per heavy atom. The molecular formula is C25H31N3O3. The van der Waals surface area contributed by atoms with E-state index in [1.54, 1.807) is 18.1 Å². The molecule has 1 amide bonds. The van der Waals surface area contributed by atoms with E-state index in [0.717, 1.165) is 36.4 Å². The lowest BCUT2D eigenvalue weighted by molar-refractivity contribution is -0.122. The molecule has 0 radical (unpaired) electrons. The molecule has 0 saturated carbocycles. The molecule has 1 aliphatic rings. The highest BCUT2D eigenvalue weighted by molar-refractivity contribution is 6.11. The highest BCUT2D eigenvalue weighted by atomic mass is 16.5. The number of rotatable bonds is 9. The third-order valence-electron chi connectivity index (χ3n) is 5.33. The first-order valence-electron chi connectivity index (χ1n) is 10.8. The molecule has 0 spiro atoms. The predicted octanol–water partition coefficient (Wildman–Crippen LogP) is 4.36. The number of amides is 1. The second-order valence-corrected chi connectivity index (χ2v) is 7.19. The number of ether oxygens (including phenoxy) is 2. The summed E-state index contributed by atoms with van der Waals surface area (Å²) in [7, 11) is 1.65. The summed E-state index contributed by atoms with van der Waals surface area (Å²) in [6.45, 7) is 9.16. The second kappa shape index (κ2) is 10.7. The van der Waals surface area contributed by atoms with Gasteiger partial charge in [0.15, 0.2) is 5.76 Å². The molecule has 6 nitrogen and oxygen atoms in total. The molecule has 3 rings (SSSR count). The van der Waals surface area contributed by atoms with Gasteiger partial charge in [0.1, 0.15) is 5.75 Å². The molecule has 6 heteroatoms. The van der Waals surface area contributed by atoms with Crippen LogP contribution >= 0.6 is 0 Å².